The molecule has 12 heteroatoms. The van der Waals surface area contributed by atoms with E-state index in [1.807, 2.05) is 0 Å². The van der Waals surface area contributed by atoms with Gasteiger partial charge in [-0.2, -0.15) is 0 Å². The van der Waals surface area contributed by atoms with Crippen LogP contribution in [0.1, 0.15) is 36.8 Å². The Hall–Kier alpha value is -2.97. The number of sulfonamides is 1. The van der Waals surface area contributed by atoms with Crippen molar-refractivity contribution in [3.63, 3.8) is 0 Å². The molecule has 1 aromatic heterocycles. The molecule has 1 saturated carbocycles. The third kappa shape index (κ3) is 6.23. The molecule has 7 nitrogen and oxygen atoms in total. The minimum absolute atomic E-state index is 0.117. The summed E-state index contributed by atoms with van der Waals surface area (Å²) in [6.07, 6.45) is 5.56. The van der Waals surface area contributed by atoms with E-state index in [1.54, 1.807) is 0 Å². The molecular weight excluding hydrogens is 533 g/mol. The summed E-state index contributed by atoms with van der Waals surface area (Å²) in [5.74, 6) is 3.19. The topological polar surface area (TPSA) is 104 Å². The standard InChI is InChI=1S/C24H20Cl2F2N4O3S/c25-15-2-8-19(26)22(11-15)36(34,35)32-21-10-9-20(27)18(23(21)28)7-1-14-12-29-24(30-13-14)31-16-3-5-17(33)6-4-16/h2,8-13,16-17,32-33H,3-6H2,(H,29,30,31)/t16-,17-. The molecule has 0 amide bonds. The Labute approximate surface area is 216 Å². The van der Waals surface area contributed by atoms with Gasteiger partial charge in [-0.15, -0.1) is 0 Å². The van der Waals surface area contributed by atoms with Gasteiger partial charge in [0.15, 0.2) is 5.82 Å². The molecule has 0 radical (unpaired) electrons. The Morgan fingerprint density at radius 3 is 2.39 bits per heavy atom. The summed E-state index contributed by atoms with van der Waals surface area (Å²) in [4.78, 5) is 7.99. The quantitative estimate of drug-likeness (QED) is 0.386. The fourth-order valence-corrected chi connectivity index (χ4v) is 5.46. The zero-order chi connectivity index (χ0) is 25.9. The van der Waals surface area contributed by atoms with Crippen molar-refractivity contribution in [2.45, 2.75) is 42.7 Å². The van der Waals surface area contributed by atoms with Crippen LogP contribution in [-0.2, 0) is 10.0 Å². The molecule has 3 N–H and O–H groups in total. The van der Waals surface area contributed by atoms with Crippen molar-refractivity contribution in [2.75, 3.05) is 10.0 Å². The lowest BCUT2D eigenvalue weighted by atomic mass is 9.93. The number of benzene rings is 2. The van der Waals surface area contributed by atoms with Gasteiger partial charge in [-0.25, -0.2) is 27.2 Å². The predicted octanol–water partition coefficient (Wildman–Crippen LogP) is 4.98. The average Bonchev–Trinajstić information content (AvgIpc) is 2.84. The first-order valence-electron chi connectivity index (χ1n) is 10.9. The van der Waals surface area contributed by atoms with Gasteiger partial charge in [0.25, 0.3) is 10.0 Å². The number of nitrogens with one attached hydrogen (secondary N) is 2. The van der Waals surface area contributed by atoms with E-state index in [1.165, 1.54) is 24.5 Å². The highest BCUT2D eigenvalue weighted by Crippen LogP contribution is 2.29. The average molecular weight is 553 g/mol. The van der Waals surface area contributed by atoms with E-state index < -0.39 is 32.9 Å². The minimum atomic E-state index is -4.32. The van der Waals surface area contributed by atoms with Crippen LogP contribution in [0.15, 0.2) is 47.6 Å². The molecular formula is C24H20Cl2F2N4O3S. The summed E-state index contributed by atoms with van der Waals surface area (Å²) >= 11 is 11.8. The van der Waals surface area contributed by atoms with Crippen LogP contribution in [0.25, 0.3) is 0 Å². The summed E-state index contributed by atoms with van der Waals surface area (Å²) in [6.45, 7) is 0. The zero-order valence-corrected chi connectivity index (χ0v) is 20.9. The number of aliphatic hydroxyl groups excluding tert-OH is 1. The van der Waals surface area contributed by atoms with Crippen molar-refractivity contribution in [1.29, 1.82) is 0 Å². The molecule has 2 aromatic carbocycles. The predicted molar refractivity (Wildman–Crippen MR) is 134 cm³/mol. The van der Waals surface area contributed by atoms with Crippen LogP contribution in [0.5, 0.6) is 0 Å². The van der Waals surface area contributed by atoms with E-state index in [0.29, 0.717) is 24.4 Å². The molecule has 1 heterocycles. The number of rotatable bonds is 5. The van der Waals surface area contributed by atoms with E-state index in [9.17, 15) is 17.9 Å². The molecule has 0 unspecified atom stereocenters. The highest BCUT2D eigenvalue weighted by atomic mass is 35.5. The van der Waals surface area contributed by atoms with Crippen LogP contribution < -0.4 is 10.0 Å². The van der Waals surface area contributed by atoms with Gasteiger partial charge in [-0.3, -0.25) is 4.72 Å². The second-order valence-corrected chi connectivity index (χ2v) is 10.7. The van der Waals surface area contributed by atoms with Gasteiger partial charge in [0.1, 0.15) is 10.7 Å². The van der Waals surface area contributed by atoms with Crippen molar-refractivity contribution in [2.24, 2.45) is 0 Å². The summed E-state index contributed by atoms with van der Waals surface area (Å²) in [7, 11) is -4.32. The van der Waals surface area contributed by atoms with Crippen molar-refractivity contribution in [3.8, 4) is 11.8 Å². The maximum absolute atomic E-state index is 15.0. The summed E-state index contributed by atoms with van der Waals surface area (Å²) < 4.78 is 56.8. The summed E-state index contributed by atoms with van der Waals surface area (Å²) in [6, 6.07) is 5.81. The Morgan fingerprint density at radius 1 is 1.00 bits per heavy atom. The summed E-state index contributed by atoms with van der Waals surface area (Å²) in [5, 5.41) is 12.8. The smallest absolute Gasteiger partial charge is 0.263 e. The monoisotopic (exact) mass is 552 g/mol. The lowest BCUT2D eigenvalue weighted by Crippen LogP contribution is -2.28. The largest absolute Gasteiger partial charge is 0.393 e. The van der Waals surface area contributed by atoms with Crippen LogP contribution in [0.4, 0.5) is 20.4 Å². The Kier molecular flexibility index (Phi) is 7.95. The van der Waals surface area contributed by atoms with Crippen molar-refractivity contribution < 1.29 is 22.3 Å². The molecule has 3 aromatic rings. The Balaban J connectivity index is 1.52. The first kappa shape index (κ1) is 26.1. The van der Waals surface area contributed by atoms with Crippen molar-refractivity contribution in [1.82, 2.24) is 9.97 Å². The molecule has 1 aliphatic carbocycles. The van der Waals surface area contributed by atoms with Gasteiger partial charge in [0.2, 0.25) is 5.95 Å². The third-order valence-electron chi connectivity index (χ3n) is 5.53. The molecule has 0 atom stereocenters. The first-order chi connectivity index (χ1) is 17.1. The molecule has 0 saturated heterocycles. The van der Waals surface area contributed by atoms with Gasteiger partial charge in [0.05, 0.1) is 27.9 Å². The second-order valence-electron chi connectivity index (χ2n) is 8.16. The number of hydrogen-bond acceptors (Lipinski definition) is 6. The van der Waals surface area contributed by atoms with E-state index in [-0.39, 0.29) is 27.1 Å². The Bertz CT molecular complexity index is 1440. The van der Waals surface area contributed by atoms with Crippen LogP contribution in [0.3, 0.4) is 0 Å². The number of anilines is 2. The number of aliphatic hydroxyl groups is 1. The van der Waals surface area contributed by atoms with Gasteiger partial charge in [-0.05, 0) is 56.0 Å². The van der Waals surface area contributed by atoms with Crippen LogP contribution in [0.2, 0.25) is 10.0 Å². The van der Waals surface area contributed by atoms with Gasteiger partial charge in [0, 0.05) is 23.5 Å². The van der Waals surface area contributed by atoms with Crippen molar-refractivity contribution in [3.05, 3.63) is 75.5 Å². The van der Waals surface area contributed by atoms with E-state index in [0.717, 1.165) is 31.0 Å². The lowest BCUT2D eigenvalue weighted by molar-refractivity contribution is 0.126. The van der Waals surface area contributed by atoms with Gasteiger partial charge < -0.3 is 10.4 Å². The van der Waals surface area contributed by atoms with Crippen molar-refractivity contribution >= 4 is 44.9 Å². The fourth-order valence-electron chi connectivity index (χ4n) is 3.63. The van der Waals surface area contributed by atoms with Crippen LogP contribution in [0, 0.1) is 23.5 Å². The number of aromatic nitrogens is 2. The lowest BCUT2D eigenvalue weighted by Gasteiger charge is -2.25. The Morgan fingerprint density at radius 2 is 1.69 bits per heavy atom. The number of hydrogen-bond donors (Lipinski definition) is 3. The maximum atomic E-state index is 15.0. The van der Waals surface area contributed by atoms with E-state index >= 15 is 4.39 Å². The van der Waals surface area contributed by atoms with E-state index in [4.69, 9.17) is 23.2 Å². The first-order valence-corrected chi connectivity index (χ1v) is 13.1. The molecule has 0 spiro atoms. The normalized spacial score (nSPS) is 17.7. The number of nitrogens with zero attached hydrogens (tertiary/aromatic N) is 2. The molecule has 0 bridgehead atoms. The second kappa shape index (κ2) is 11.0. The third-order valence-corrected chi connectivity index (χ3v) is 7.61. The highest BCUT2D eigenvalue weighted by molar-refractivity contribution is 7.92. The molecule has 4 rings (SSSR count). The fraction of sp³-hybridized carbons (Fsp3) is 0.250. The highest BCUT2D eigenvalue weighted by Gasteiger charge is 2.22. The maximum Gasteiger partial charge on any atom is 0.263 e. The molecule has 188 valence electrons. The molecule has 0 aliphatic heterocycles. The minimum Gasteiger partial charge on any atom is -0.393 e. The number of halogens is 4. The zero-order valence-electron chi connectivity index (χ0n) is 18.6. The SMILES string of the molecule is O=S(=O)(Nc1ccc(F)c(C#Cc2cnc(N[C@H]3CC[C@H](O)CC3)nc2)c1F)c1cc(Cl)ccc1Cl. The van der Waals surface area contributed by atoms with E-state index in [2.05, 4.69) is 31.8 Å². The summed E-state index contributed by atoms with van der Waals surface area (Å²) in [5.41, 5.74) is -0.837. The van der Waals surface area contributed by atoms with Crippen LogP contribution in [-0.4, -0.2) is 35.6 Å². The molecule has 1 fully saturated rings. The molecule has 36 heavy (non-hydrogen) atoms. The molecule has 1 aliphatic rings. The van der Waals surface area contributed by atoms with Gasteiger partial charge in [-0.1, -0.05) is 35.0 Å². The van der Waals surface area contributed by atoms with Gasteiger partial charge >= 0.3 is 0 Å². The van der Waals surface area contributed by atoms with Crippen LogP contribution >= 0.6 is 23.2 Å².